The van der Waals surface area contributed by atoms with Crippen LogP contribution in [0.2, 0.25) is 0 Å². The number of rotatable bonds is 8. The summed E-state index contributed by atoms with van der Waals surface area (Å²) < 4.78 is 6.11. The van der Waals surface area contributed by atoms with Gasteiger partial charge in [0.2, 0.25) is 0 Å². The predicted molar refractivity (Wildman–Crippen MR) is 148 cm³/mol. The highest BCUT2D eigenvalue weighted by Gasteiger charge is 2.39. The number of hydrogen-bond acceptors (Lipinski definition) is 8. The Kier molecular flexibility index (Phi) is 7.51. The summed E-state index contributed by atoms with van der Waals surface area (Å²) >= 11 is 0. The van der Waals surface area contributed by atoms with Gasteiger partial charge in [0.25, 0.3) is 5.91 Å². The molecule has 1 amide bonds. The lowest BCUT2D eigenvalue weighted by atomic mass is 9.76. The molecule has 2 aliphatic rings. The monoisotopic (exact) mass is 531 g/mol. The van der Waals surface area contributed by atoms with Crippen molar-refractivity contribution in [1.82, 2.24) is 35.5 Å². The van der Waals surface area contributed by atoms with Crippen molar-refractivity contribution >= 4 is 23.1 Å². The maximum atomic E-state index is 12.4. The fourth-order valence-electron chi connectivity index (χ4n) is 5.98. The van der Waals surface area contributed by atoms with Crippen LogP contribution in [0, 0.1) is 5.92 Å². The van der Waals surface area contributed by atoms with Crippen LogP contribution in [0.4, 0.5) is 0 Å². The molecule has 0 aromatic carbocycles. The Balaban J connectivity index is 1.34. The van der Waals surface area contributed by atoms with Crippen LogP contribution in [0.15, 0.2) is 48.8 Å². The molecule has 4 heterocycles. The van der Waals surface area contributed by atoms with E-state index < -0.39 is 11.6 Å². The largest absolute Gasteiger partial charge is 0.368 e. The smallest absolute Gasteiger partial charge is 0.271 e. The van der Waals surface area contributed by atoms with E-state index in [1.54, 1.807) is 0 Å². The van der Waals surface area contributed by atoms with E-state index in [-0.39, 0.29) is 17.2 Å². The van der Waals surface area contributed by atoms with E-state index in [0.717, 1.165) is 36.0 Å². The van der Waals surface area contributed by atoms with Crippen LogP contribution < -0.4 is 10.6 Å². The van der Waals surface area contributed by atoms with E-state index in [2.05, 4.69) is 55.4 Å². The van der Waals surface area contributed by atoms with Crippen molar-refractivity contribution in [1.29, 1.82) is 0 Å². The highest BCUT2D eigenvalue weighted by Crippen LogP contribution is 2.41. The third kappa shape index (κ3) is 5.86. The fourth-order valence-corrected chi connectivity index (χ4v) is 5.98. The molecule has 0 saturated carbocycles. The zero-order valence-electron chi connectivity index (χ0n) is 23.0. The molecular weight excluding hydrogens is 494 g/mol. The molecule has 3 atom stereocenters. The first-order valence-electron chi connectivity index (χ1n) is 13.5. The third-order valence-electron chi connectivity index (χ3n) is 7.62. The van der Waals surface area contributed by atoms with Crippen molar-refractivity contribution in [3.8, 4) is 0 Å². The van der Waals surface area contributed by atoms with Gasteiger partial charge in [-0.2, -0.15) is 0 Å². The number of nitrogens with zero attached hydrogens (tertiary/aromatic N) is 4. The summed E-state index contributed by atoms with van der Waals surface area (Å²) in [6.45, 7) is 10.5. The van der Waals surface area contributed by atoms with E-state index in [1.165, 1.54) is 29.5 Å². The van der Waals surface area contributed by atoms with Crippen molar-refractivity contribution in [3.63, 3.8) is 0 Å². The van der Waals surface area contributed by atoms with Gasteiger partial charge in [-0.25, -0.2) is 4.98 Å². The van der Waals surface area contributed by atoms with E-state index >= 15 is 0 Å². The molecule has 206 valence electrons. The molecule has 1 saturated heterocycles. The number of aldehydes is 1. The Morgan fingerprint density at radius 3 is 2.85 bits per heavy atom. The lowest BCUT2D eigenvalue weighted by molar-refractivity contribution is -0.109. The summed E-state index contributed by atoms with van der Waals surface area (Å²) in [4.78, 5) is 42.9. The minimum absolute atomic E-state index is 0.266. The number of hydrogen-bond donors (Lipinski definition) is 3. The van der Waals surface area contributed by atoms with Crippen molar-refractivity contribution in [2.24, 2.45) is 5.92 Å². The molecule has 10 heteroatoms. The van der Waals surface area contributed by atoms with Crippen molar-refractivity contribution < 1.29 is 14.3 Å². The number of carbonyl (C=O) groups excluding carboxylic acids is 2. The van der Waals surface area contributed by atoms with E-state index in [9.17, 15) is 9.59 Å². The van der Waals surface area contributed by atoms with Gasteiger partial charge >= 0.3 is 0 Å². The maximum absolute atomic E-state index is 12.4. The molecule has 39 heavy (non-hydrogen) atoms. The predicted octanol–water partition coefficient (Wildman–Crippen LogP) is 2.73. The molecule has 3 N–H and O–H groups in total. The summed E-state index contributed by atoms with van der Waals surface area (Å²) in [5.41, 5.74) is 3.86. The molecule has 0 bridgehead atoms. The fraction of sp³-hybridized carbons (Fsp3) is 0.483. The highest BCUT2D eigenvalue weighted by atomic mass is 16.5. The average Bonchev–Trinajstić information content (AvgIpc) is 3.29. The SMILES string of the molecule is CC1Cc2c([nH]c3cnccc23)C(C)(NC(C=O)C=C2COC(C)(C)CN2CCNC(=O)c2cnccn2)C1. The first kappa shape index (κ1) is 27.0. The molecule has 3 unspecified atom stereocenters. The number of carbonyl (C=O) groups is 2. The van der Waals surface area contributed by atoms with Crippen LogP contribution in [0.3, 0.4) is 0 Å². The van der Waals surface area contributed by atoms with Crippen LogP contribution in [-0.2, 0) is 21.5 Å². The summed E-state index contributed by atoms with van der Waals surface area (Å²) in [6.07, 6.45) is 13.0. The van der Waals surface area contributed by atoms with Gasteiger partial charge < -0.3 is 24.7 Å². The van der Waals surface area contributed by atoms with Crippen LogP contribution in [-0.4, -0.2) is 74.9 Å². The molecular formula is C29H37N7O3. The second-order valence-corrected chi connectivity index (χ2v) is 11.5. The van der Waals surface area contributed by atoms with E-state index in [4.69, 9.17) is 4.74 Å². The Labute approximate surface area is 228 Å². The topological polar surface area (TPSA) is 125 Å². The minimum Gasteiger partial charge on any atom is -0.368 e. The highest BCUT2D eigenvalue weighted by molar-refractivity contribution is 5.91. The van der Waals surface area contributed by atoms with Crippen molar-refractivity contribution in [2.45, 2.75) is 57.7 Å². The molecule has 0 radical (unpaired) electrons. The number of morpholine rings is 1. The quantitative estimate of drug-likeness (QED) is 0.379. The third-order valence-corrected chi connectivity index (χ3v) is 7.62. The summed E-state index contributed by atoms with van der Waals surface area (Å²) in [5.74, 6) is 0.188. The first-order valence-corrected chi connectivity index (χ1v) is 13.5. The van der Waals surface area contributed by atoms with E-state index in [1.807, 2.05) is 32.3 Å². The Hall–Kier alpha value is -3.63. The number of fused-ring (bicyclic) bond motifs is 3. The maximum Gasteiger partial charge on any atom is 0.271 e. The van der Waals surface area contributed by atoms with Gasteiger partial charge in [-0.05, 0) is 57.2 Å². The normalized spacial score (nSPS) is 24.4. The van der Waals surface area contributed by atoms with Gasteiger partial charge in [-0.15, -0.1) is 0 Å². The number of aromatic amines is 1. The summed E-state index contributed by atoms with van der Waals surface area (Å²) in [6, 6.07) is 1.54. The van der Waals surface area contributed by atoms with Gasteiger partial charge in [0.15, 0.2) is 0 Å². The molecule has 1 aliphatic carbocycles. The van der Waals surface area contributed by atoms with Crippen LogP contribution in [0.5, 0.6) is 0 Å². The van der Waals surface area contributed by atoms with Crippen LogP contribution in [0.1, 0.15) is 55.9 Å². The second kappa shape index (κ2) is 10.9. The van der Waals surface area contributed by atoms with Gasteiger partial charge in [0, 0.05) is 55.0 Å². The number of pyridine rings is 1. The van der Waals surface area contributed by atoms with Gasteiger partial charge in [0.05, 0.1) is 41.7 Å². The molecule has 0 spiro atoms. The van der Waals surface area contributed by atoms with Gasteiger partial charge in [-0.3, -0.25) is 20.1 Å². The second-order valence-electron chi connectivity index (χ2n) is 11.5. The molecule has 1 fully saturated rings. The molecule has 3 aromatic rings. The Bertz CT molecular complexity index is 1370. The minimum atomic E-state index is -0.519. The molecule has 10 nitrogen and oxygen atoms in total. The zero-order chi connectivity index (χ0) is 27.6. The number of nitrogens with one attached hydrogen (secondary N) is 3. The van der Waals surface area contributed by atoms with Gasteiger partial charge in [-0.1, -0.05) is 6.92 Å². The number of ether oxygens (including phenoxy) is 1. The summed E-state index contributed by atoms with van der Waals surface area (Å²) in [7, 11) is 0. The average molecular weight is 532 g/mol. The Morgan fingerprint density at radius 2 is 2.08 bits per heavy atom. The molecule has 3 aromatic heterocycles. The molecule has 1 aliphatic heterocycles. The van der Waals surface area contributed by atoms with Crippen LogP contribution in [0.25, 0.3) is 10.9 Å². The van der Waals surface area contributed by atoms with Crippen molar-refractivity contribution in [3.05, 3.63) is 65.8 Å². The Morgan fingerprint density at radius 1 is 1.26 bits per heavy atom. The standard InChI is InChI=1S/C29H37N7O3/c1-19-11-23-22-5-6-30-14-24(22)34-26(23)29(4,13-19)35-20(16-37)12-21-17-39-28(2,3)18-36(21)10-9-33-27(38)25-15-31-7-8-32-25/h5-8,12,14-16,19-20,34-35H,9-11,13,17-18H2,1-4H3,(H,33,38). The van der Waals surface area contributed by atoms with E-state index in [0.29, 0.717) is 32.2 Å². The molecule has 5 rings (SSSR count). The van der Waals surface area contributed by atoms with Crippen LogP contribution >= 0.6 is 0 Å². The summed E-state index contributed by atoms with van der Waals surface area (Å²) in [5, 5.41) is 7.76. The number of amides is 1. The van der Waals surface area contributed by atoms with Crippen molar-refractivity contribution in [2.75, 3.05) is 26.2 Å². The lowest BCUT2D eigenvalue weighted by Crippen LogP contribution is -2.51. The first-order chi connectivity index (χ1) is 18.7. The lowest BCUT2D eigenvalue weighted by Gasteiger charge is -2.42. The van der Waals surface area contributed by atoms with Gasteiger partial charge in [0.1, 0.15) is 12.0 Å². The number of aromatic nitrogens is 4. The zero-order valence-corrected chi connectivity index (χ0v) is 23.0. The number of H-pyrrole nitrogens is 1.